The van der Waals surface area contributed by atoms with Gasteiger partial charge in [-0.25, -0.2) is 23.1 Å². The number of carbonyl (C=O) groups excluding carboxylic acids is 3. The van der Waals surface area contributed by atoms with Crippen LogP contribution in [-0.2, 0) is 19.5 Å². The third kappa shape index (κ3) is 4.52. The third-order valence-corrected chi connectivity index (χ3v) is 5.36. The van der Waals surface area contributed by atoms with Gasteiger partial charge in [-0.2, -0.15) is 0 Å². The molecule has 2 rings (SSSR count). The first-order chi connectivity index (χ1) is 13.9. The SMILES string of the molecule is COC(=O)c1c(C)[nH]c(C(=O)C(C)OC(=O)c2cc(S(N)(=O)=O)ccc2OC)c1C. The first kappa shape index (κ1) is 23.1. The number of nitrogens with two attached hydrogens (primary N) is 1. The van der Waals surface area contributed by atoms with Gasteiger partial charge in [-0.1, -0.05) is 0 Å². The minimum absolute atomic E-state index is 0.0481. The zero-order valence-corrected chi connectivity index (χ0v) is 17.9. The van der Waals surface area contributed by atoms with Crippen molar-refractivity contribution in [2.24, 2.45) is 5.14 Å². The lowest BCUT2D eigenvalue weighted by Crippen LogP contribution is -2.26. The van der Waals surface area contributed by atoms with Crippen molar-refractivity contribution in [3.63, 3.8) is 0 Å². The molecule has 0 fully saturated rings. The molecule has 0 aliphatic carbocycles. The molecule has 0 radical (unpaired) electrons. The molecule has 1 heterocycles. The normalized spacial score (nSPS) is 12.2. The van der Waals surface area contributed by atoms with Gasteiger partial charge in [-0.3, -0.25) is 4.79 Å². The molecule has 162 valence electrons. The summed E-state index contributed by atoms with van der Waals surface area (Å²) in [6.45, 7) is 4.52. The largest absolute Gasteiger partial charge is 0.496 e. The number of ketones is 1. The number of aromatic amines is 1. The highest BCUT2D eigenvalue weighted by atomic mass is 32.2. The molecule has 1 aromatic carbocycles. The van der Waals surface area contributed by atoms with E-state index in [2.05, 4.69) is 4.98 Å². The van der Waals surface area contributed by atoms with Gasteiger partial charge < -0.3 is 19.2 Å². The Labute approximate surface area is 173 Å². The van der Waals surface area contributed by atoms with Crippen LogP contribution in [0.1, 0.15) is 49.4 Å². The van der Waals surface area contributed by atoms with Crippen LogP contribution in [-0.4, -0.2) is 51.4 Å². The summed E-state index contributed by atoms with van der Waals surface area (Å²) >= 11 is 0. The summed E-state index contributed by atoms with van der Waals surface area (Å²) in [5.74, 6) is -2.12. The molecule has 0 aliphatic rings. The summed E-state index contributed by atoms with van der Waals surface area (Å²) in [7, 11) is -1.56. The molecule has 3 N–H and O–H groups in total. The number of rotatable bonds is 7. The molecule has 0 aliphatic heterocycles. The lowest BCUT2D eigenvalue weighted by atomic mass is 10.1. The van der Waals surface area contributed by atoms with E-state index in [9.17, 15) is 22.8 Å². The molecule has 0 saturated carbocycles. The summed E-state index contributed by atoms with van der Waals surface area (Å²) in [5.41, 5.74) is 0.906. The van der Waals surface area contributed by atoms with Crippen molar-refractivity contribution in [3.8, 4) is 5.75 Å². The molecule has 11 heteroatoms. The van der Waals surface area contributed by atoms with E-state index in [0.29, 0.717) is 11.3 Å². The summed E-state index contributed by atoms with van der Waals surface area (Å²) in [4.78, 5) is 39.8. The second kappa shape index (κ2) is 8.67. The van der Waals surface area contributed by atoms with Crippen LogP contribution in [0, 0.1) is 13.8 Å². The summed E-state index contributed by atoms with van der Waals surface area (Å²) < 4.78 is 38.1. The van der Waals surface area contributed by atoms with Crippen molar-refractivity contribution < 1.29 is 37.0 Å². The summed E-state index contributed by atoms with van der Waals surface area (Å²) in [6.07, 6.45) is -1.25. The van der Waals surface area contributed by atoms with Crippen LogP contribution in [0.2, 0.25) is 0 Å². The first-order valence-corrected chi connectivity index (χ1v) is 10.2. The van der Waals surface area contributed by atoms with E-state index in [1.54, 1.807) is 13.8 Å². The number of nitrogens with one attached hydrogen (secondary N) is 1. The maximum atomic E-state index is 12.8. The van der Waals surface area contributed by atoms with Crippen LogP contribution < -0.4 is 9.88 Å². The van der Waals surface area contributed by atoms with Crippen molar-refractivity contribution >= 4 is 27.7 Å². The quantitative estimate of drug-likeness (QED) is 0.487. The van der Waals surface area contributed by atoms with Gasteiger partial charge in [-0.15, -0.1) is 0 Å². The maximum absolute atomic E-state index is 12.8. The second-order valence-corrected chi connectivity index (χ2v) is 8.00. The van der Waals surface area contributed by atoms with E-state index in [4.69, 9.17) is 19.3 Å². The monoisotopic (exact) mass is 438 g/mol. The molecule has 0 saturated heterocycles. The highest BCUT2D eigenvalue weighted by Crippen LogP contribution is 2.25. The number of aryl methyl sites for hydroxylation is 1. The Hall–Kier alpha value is -3.18. The number of methoxy groups -OCH3 is 2. The molecule has 30 heavy (non-hydrogen) atoms. The van der Waals surface area contributed by atoms with Crippen LogP contribution in [0.5, 0.6) is 5.75 Å². The Morgan fingerprint density at radius 3 is 2.27 bits per heavy atom. The minimum atomic E-state index is -4.07. The van der Waals surface area contributed by atoms with Gasteiger partial charge in [0, 0.05) is 5.69 Å². The lowest BCUT2D eigenvalue weighted by molar-refractivity contribution is 0.0313. The fourth-order valence-corrected chi connectivity index (χ4v) is 3.45. The van der Waals surface area contributed by atoms with Gasteiger partial charge in [0.25, 0.3) is 0 Å². The van der Waals surface area contributed by atoms with Gasteiger partial charge in [0.15, 0.2) is 6.10 Å². The molecule has 1 unspecified atom stereocenters. The number of benzene rings is 1. The molecular weight excluding hydrogens is 416 g/mol. The zero-order chi connectivity index (χ0) is 22.8. The highest BCUT2D eigenvalue weighted by Gasteiger charge is 2.28. The predicted octanol–water partition coefficient (Wildman–Crippen LogP) is 1.50. The molecule has 10 nitrogen and oxygen atoms in total. The fraction of sp³-hybridized carbons (Fsp3) is 0.316. The van der Waals surface area contributed by atoms with Crippen LogP contribution in [0.15, 0.2) is 23.1 Å². The van der Waals surface area contributed by atoms with Gasteiger partial charge in [0.05, 0.1) is 30.4 Å². The Bertz CT molecular complexity index is 1120. The van der Waals surface area contributed by atoms with Crippen molar-refractivity contribution in [2.45, 2.75) is 31.8 Å². The van der Waals surface area contributed by atoms with E-state index >= 15 is 0 Å². The lowest BCUT2D eigenvalue weighted by Gasteiger charge is -2.14. The Morgan fingerprint density at radius 1 is 1.10 bits per heavy atom. The number of hydrogen-bond donors (Lipinski definition) is 2. The summed E-state index contributed by atoms with van der Waals surface area (Å²) in [5, 5.41) is 5.10. The number of primary sulfonamides is 1. The van der Waals surface area contributed by atoms with Crippen LogP contribution in [0.4, 0.5) is 0 Å². The Kier molecular flexibility index (Phi) is 6.68. The smallest absolute Gasteiger partial charge is 0.342 e. The molecule has 1 aromatic heterocycles. The van der Waals surface area contributed by atoms with Crippen LogP contribution >= 0.6 is 0 Å². The summed E-state index contributed by atoms with van der Waals surface area (Å²) in [6, 6.07) is 3.44. The van der Waals surface area contributed by atoms with E-state index in [1.807, 2.05) is 0 Å². The standard InChI is InChI=1S/C19H22N2O8S/c1-9-15(19(24)28-5)10(2)21-16(9)17(22)11(3)29-18(23)13-8-12(30(20,25)26)6-7-14(13)27-4/h6-8,11,21H,1-5H3,(H2,20,25,26). The number of sulfonamides is 1. The molecular formula is C19H22N2O8S. The average Bonchev–Trinajstić information content (AvgIpc) is 2.99. The number of H-pyrrole nitrogens is 1. The number of ether oxygens (including phenoxy) is 3. The topological polar surface area (TPSA) is 155 Å². The molecule has 0 spiro atoms. The van der Waals surface area contributed by atoms with Gasteiger partial charge in [-0.05, 0) is 44.5 Å². The second-order valence-electron chi connectivity index (χ2n) is 6.44. The number of carbonyl (C=O) groups is 3. The van der Waals surface area contributed by atoms with Crippen molar-refractivity contribution in [1.82, 2.24) is 4.98 Å². The maximum Gasteiger partial charge on any atom is 0.342 e. The zero-order valence-electron chi connectivity index (χ0n) is 17.1. The number of Topliss-reactive ketones (excluding diaryl/α,β-unsaturated/α-hetero) is 1. The first-order valence-electron chi connectivity index (χ1n) is 8.65. The number of aromatic nitrogens is 1. The van der Waals surface area contributed by atoms with Gasteiger partial charge in [0.1, 0.15) is 11.3 Å². The van der Waals surface area contributed by atoms with Crippen LogP contribution in [0.3, 0.4) is 0 Å². The molecule has 1 atom stereocenters. The van der Waals surface area contributed by atoms with Crippen molar-refractivity contribution in [3.05, 3.63) is 46.3 Å². The number of esters is 2. The number of hydrogen-bond acceptors (Lipinski definition) is 8. The Balaban J connectivity index is 2.33. The van der Waals surface area contributed by atoms with Crippen molar-refractivity contribution in [2.75, 3.05) is 14.2 Å². The molecule has 0 amide bonds. The third-order valence-electron chi connectivity index (χ3n) is 4.45. The highest BCUT2D eigenvalue weighted by molar-refractivity contribution is 7.89. The van der Waals surface area contributed by atoms with Crippen LogP contribution in [0.25, 0.3) is 0 Å². The van der Waals surface area contributed by atoms with E-state index in [0.717, 1.165) is 6.07 Å². The molecule has 2 aromatic rings. The van der Waals surface area contributed by atoms with E-state index in [-0.39, 0.29) is 27.5 Å². The fourth-order valence-electron chi connectivity index (χ4n) is 2.91. The van der Waals surface area contributed by atoms with E-state index < -0.39 is 33.8 Å². The van der Waals surface area contributed by atoms with Gasteiger partial charge in [0.2, 0.25) is 15.8 Å². The minimum Gasteiger partial charge on any atom is -0.496 e. The molecule has 0 bridgehead atoms. The Morgan fingerprint density at radius 2 is 1.73 bits per heavy atom. The van der Waals surface area contributed by atoms with Crippen molar-refractivity contribution in [1.29, 1.82) is 0 Å². The van der Waals surface area contributed by atoms with Gasteiger partial charge >= 0.3 is 11.9 Å². The predicted molar refractivity (Wildman–Crippen MR) is 105 cm³/mol. The average molecular weight is 438 g/mol. The van der Waals surface area contributed by atoms with E-state index in [1.165, 1.54) is 33.3 Å².